The van der Waals surface area contributed by atoms with Crippen LogP contribution in [0.25, 0.3) is 0 Å². The Morgan fingerprint density at radius 3 is 1.89 bits per heavy atom. The summed E-state index contributed by atoms with van der Waals surface area (Å²) < 4.78 is 5.50. The number of hydrogen-bond acceptors (Lipinski definition) is 3. The number of carbonyl (C=O) groups excluding carboxylic acids is 1. The van der Waals surface area contributed by atoms with Crippen molar-refractivity contribution in [3.8, 4) is 0 Å². The third-order valence-electron chi connectivity index (χ3n) is 3.53. The lowest BCUT2D eigenvalue weighted by Crippen LogP contribution is -2.43. The average molecular weight is 276 g/mol. The van der Waals surface area contributed by atoms with Crippen molar-refractivity contribution in [1.82, 2.24) is 9.80 Å². The van der Waals surface area contributed by atoms with E-state index in [0.29, 0.717) is 13.1 Å². The zero-order chi connectivity index (χ0) is 14.2. The molecule has 0 N–H and O–H groups in total. The van der Waals surface area contributed by atoms with Crippen molar-refractivity contribution in [3.63, 3.8) is 0 Å². The molecule has 0 saturated heterocycles. The summed E-state index contributed by atoms with van der Waals surface area (Å²) in [6.45, 7) is 15.9. The van der Waals surface area contributed by atoms with Gasteiger partial charge in [-0.1, -0.05) is 20.8 Å². The van der Waals surface area contributed by atoms with Crippen molar-refractivity contribution in [3.05, 3.63) is 0 Å². The molecule has 0 fully saturated rings. The molecule has 5 heteroatoms. The number of amides is 1. The van der Waals surface area contributed by atoms with E-state index in [9.17, 15) is 4.79 Å². The highest BCUT2D eigenvalue weighted by molar-refractivity contribution is 7.34. The molecule has 0 bridgehead atoms. The molecule has 1 amide bonds. The standard InChI is InChI=1S/C13H29N2O2P/c1-7-13(6,15(10-4)11-5)18-17-12(16)14(8-2)9-3/h18H,7-11H2,1-6H3. The zero-order valence-corrected chi connectivity index (χ0v) is 13.7. The zero-order valence-electron chi connectivity index (χ0n) is 12.7. The van der Waals surface area contributed by atoms with Gasteiger partial charge in [-0.15, -0.1) is 0 Å². The van der Waals surface area contributed by atoms with Gasteiger partial charge in [-0.25, -0.2) is 4.79 Å². The highest BCUT2D eigenvalue weighted by Crippen LogP contribution is 2.39. The SMILES string of the molecule is CCN(CC)C(=O)OPC(C)(CC)N(CC)CC. The lowest BCUT2D eigenvalue weighted by Gasteiger charge is -2.38. The van der Waals surface area contributed by atoms with Gasteiger partial charge in [0, 0.05) is 13.1 Å². The minimum absolute atomic E-state index is 0.0354. The van der Waals surface area contributed by atoms with Gasteiger partial charge in [-0.2, -0.15) is 0 Å². The minimum Gasteiger partial charge on any atom is -0.430 e. The molecular formula is C13H29N2O2P. The fourth-order valence-electron chi connectivity index (χ4n) is 1.98. The molecule has 0 aromatic heterocycles. The maximum absolute atomic E-state index is 11.9. The molecule has 0 heterocycles. The second-order valence-electron chi connectivity index (χ2n) is 4.44. The van der Waals surface area contributed by atoms with E-state index in [4.69, 9.17) is 4.52 Å². The van der Waals surface area contributed by atoms with Crippen LogP contribution in [0.5, 0.6) is 0 Å². The molecule has 0 radical (unpaired) electrons. The van der Waals surface area contributed by atoms with Crippen LogP contribution in [0.4, 0.5) is 4.79 Å². The molecule has 4 nitrogen and oxygen atoms in total. The van der Waals surface area contributed by atoms with E-state index in [1.807, 2.05) is 13.8 Å². The van der Waals surface area contributed by atoms with Gasteiger partial charge >= 0.3 is 6.09 Å². The molecule has 0 aromatic rings. The van der Waals surface area contributed by atoms with Gasteiger partial charge in [0.05, 0.1) is 14.1 Å². The first kappa shape index (κ1) is 17.7. The lowest BCUT2D eigenvalue weighted by atomic mass is 10.2. The van der Waals surface area contributed by atoms with Crippen molar-refractivity contribution >= 4 is 14.9 Å². The lowest BCUT2D eigenvalue weighted by molar-refractivity contribution is 0.150. The van der Waals surface area contributed by atoms with Gasteiger partial charge in [-0.3, -0.25) is 4.90 Å². The summed E-state index contributed by atoms with van der Waals surface area (Å²) in [6.07, 6.45) is 0.795. The Morgan fingerprint density at radius 2 is 1.56 bits per heavy atom. The van der Waals surface area contributed by atoms with Crippen LogP contribution in [-0.4, -0.2) is 47.4 Å². The fraction of sp³-hybridized carbons (Fsp3) is 0.923. The Bertz CT molecular complexity index is 243. The van der Waals surface area contributed by atoms with E-state index >= 15 is 0 Å². The first-order valence-corrected chi connectivity index (χ1v) is 7.87. The van der Waals surface area contributed by atoms with Gasteiger partial charge < -0.3 is 9.42 Å². The Labute approximate surface area is 114 Å². The average Bonchev–Trinajstić information content (AvgIpc) is 2.39. The first-order valence-electron chi connectivity index (χ1n) is 6.96. The Kier molecular flexibility index (Phi) is 8.54. The molecule has 108 valence electrons. The molecular weight excluding hydrogens is 247 g/mol. The Hall–Kier alpha value is -0.340. The maximum atomic E-state index is 11.9. The van der Waals surface area contributed by atoms with Crippen LogP contribution in [0.1, 0.15) is 48.0 Å². The molecule has 0 aliphatic heterocycles. The summed E-state index contributed by atoms with van der Waals surface area (Å²) in [5.74, 6) is 0. The number of hydrogen-bond donors (Lipinski definition) is 0. The van der Waals surface area contributed by atoms with Crippen molar-refractivity contribution in [2.45, 2.75) is 53.2 Å². The first-order chi connectivity index (χ1) is 8.48. The van der Waals surface area contributed by atoms with Crippen LogP contribution < -0.4 is 0 Å². The normalized spacial score (nSPS) is 15.1. The van der Waals surface area contributed by atoms with Gasteiger partial charge in [0.2, 0.25) is 0 Å². The monoisotopic (exact) mass is 276 g/mol. The van der Waals surface area contributed by atoms with Crippen LogP contribution in [0.3, 0.4) is 0 Å². The number of nitrogens with zero attached hydrogens (tertiary/aromatic N) is 2. The van der Waals surface area contributed by atoms with Gasteiger partial charge in [0.25, 0.3) is 0 Å². The van der Waals surface area contributed by atoms with Gasteiger partial charge in [0.15, 0.2) is 0 Å². The van der Waals surface area contributed by atoms with Crippen molar-refractivity contribution in [2.75, 3.05) is 26.2 Å². The van der Waals surface area contributed by atoms with E-state index in [1.54, 1.807) is 4.90 Å². The van der Waals surface area contributed by atoms with Crippen LogP contribution in [0.15, 0.2) is 0 Å². The predicted molar refractivity (Wildman–Crippen MR) is 79.3 cm³/mol. The minimum atomic E-state index is -0.190. The fourth-order valence-corrected chi connectivity index (χ4v) is 3.01. The summed E-state index contributed by atoms with van der Waals surface area (Å²) >= 11 is 0. The highest BCUT2D eigenvalue weighted by Gasteiger charge is 2.30. The van der Waals surface area contributed by atoms with Crippen LogP contribution in [0, 0.1) is 0 Å². The summed E-state index contributed by atoms with van der Waals surface area (Å²) in [5, 5.41) is -0.0354. The van der Waals surface area contributed by atoms with Crippen molar-refractivity contribution < 1.29 is 9.32 Å². The highest BCUT2D eigenvalue weighted by atomic mass is 31.1. The molecule has 0 spiro atoms. The Morgan fingerprint density at radius 1 is 1.06 bits per heavy atom. The molecule has 0 saturated carbocycles. The van der Waals surface area contributed by atoms with Crippen LogP contribution >= 0.6 is 8.81 Å². The molecule has 0 rings (SSSR count). The number of carbonyl (C=O) groups is 1. The van der Waals surface area contributed by atoms with Crippen molar-refractivity contribution in [1.29, 1.82) is 0 Å². The molecule has 18 heavy (non-hydrogen) atoms. The summed E-state index contributed by atoms with van der Waals surface area (Å²) in [4.78, 5) is 15.9. The summed E-state index contributed by atoms with van der Waals surface area (Å²) in [7, 11) is 0.184. The summed E-state index contributed by atoms with van der Waals surface area (Å²) in [6, 6.07) is 0. The Balaban J connectivity index is 4.50. The third kappa shape index (κ3) is 4.74. The van der Waals surface area contributed by atoms with E-state index in [1.165, 1.54) is 0 Å². The molecule has 0 aliphatic rings. The number of rotatable bonds is 8. The maximum Gasteiger partial charge on any atom is 0.412 e. The van der Waals surface area contributed by atoms with E-state index < -0.39 is 0 Å². The molecule has 2 atom stereocenters. The molecule has 2 unspecified atom stereocenters. The molecule has 0 aromatic carbocycles. The van der Waals surface area contributed by atoms with Crippen LogP contribution in [-0.2, 0) is 4.52 Å². The van der Waals surface area contributed by atoms with Crippen molar-refractivity contribution in [2.24, 2.45) is 0 Å². The van der Waals surface area contributed by atoms with Gasteiger partial charge in [-0.05, 0) is 40.3 Å². The second-order valence-corrected chi connectivity index (χ2v) is 5.93. The van der Waals surface area contributed by atoms with E-state index in [0.717, 1.165) is 19.5 Å². The smallest absolute Gasteiger partial charge is 0.412 e. The topological polar surface area (TPSA) is 32.8 Å². The van der Waals surface area contributed by atoms with E-state index in [-0.39, 0.29) is 20.2 Å². The quantitative estimate of drug-likeness (QED) is 0.636. The molecule has 0 aliphatic carbocycles. The third-order valence-corrected chi connectivity index (χ3v) is 4.92. The van der Waals surface area contributed by atoms with Crippen LogP contribution in [0.2, 0.25) is 0 Å². The van der Waals surface area contributed by atoms with E-state index in [2.05, 4.69) is 32.6 Å². The second kappa shape index (κ2) is 8.71. The van der Waals surface area contributed by atoms with Gasteiger partial charge in [0.1, 0.15) is 0 Å². The predicted octanol–water partition coefficient (Wildman–Crippen LogP) is 3.53. The largest absolute Gasteiger partial charge is 0.430 e. The summed E-state index contributed by atoms with van der Waals surface area (Å²) in [5.41, 5.74) is 0.